The second-order valence-corrected chi connectivity index (χ2v) is 16.8. The van der Waals surface area contributed by atoms with Gasteiger partial charge in [-0.3, -0.25) is 0 Å². The number of fused-ring (bicyclic) bond motifs is 5. The zero-order valence-electron chi connectivity index (χ0n) is 30.5. The number of unbranched alkanes of at least 4 members (excludes halogenated alkanes) is 14. The SMILES string of the molecule is C[C@@H](NCCCCCCCCCCN)[C@H]1CC[C@H]2[C@@H]3CCC4=C[C@@H](NCCCCCCCCCCN)CC[C@]4(C)[C@H]3CC[C@]12C. The molecule has 262 valence electrons. The van der Waals surface area contributed by atoms with Crippen molar-refractivity contribution in [1.29, 1.82) is 0 Å². The summed E-state index contributed by atoms with van der Waals surface area (Å²) in [7, 11) is 0. The van der Waals surface area contributed by atoms with Crippen LogP contribution in [0.3, 0.4) is 0 Å². The van der Waals surface area contributed by atoms with Gasteiger partial charge in [0.1, 0.15) is 0 Å². The first-order valence-corrected chi connectivity index (χ1v) is 20.5. The summed E-state index contributed by atoms with van der Waals surface area (Å²) in [5, 5.41) is 8.00. The van der Waals surface area contributed by atoms with Crippen molar-refractivity contribution in [1.82, 2.24) is 10.6 Å². The minimum Gasteiger partial charge on any atom is -0.330 e. The molecule has 4 heteroatoms. The summed E-state index contributed by atoms with van der Waals surface area (Å²) in [6.07, 6.45) is 36.0. The van der Waals surface area contributed by atoms with E-state index in [9.17, 15) is 0 Å². The Kier molecular flexibility index (Phi) is 16.2. The molecule has 3 saturated carbocycles. The quantitative estimate of drug-likeness (QED) is 0.0673. The minimum absolute atomic E-state index is 0.471. The van der Waals surface area contributed by atoms with Gasteiger partial charge in [-0.15, -0.1) is 0 Å². The lowest BCUT2D eigenvalue weighted by Gasteiger charge is -2.59. The van der Waals surface area contributed by atoms with Gasteiger partial charge in [-0.2, -0.15) is 0 Å². The van der Waals surface area contributed by atoms with E-state index >= 15 is 0 Å². The van der Waals surface area contributed by atoms with E-state index in [1.807, 2.05) is 5.57 Å². The molecule has 0 amide bonds. The highest BCUT2D eigenvalue weighted by Gasteiger charge is 2.59. The van der Waals surface area contributed by atoms with E-state index in [-0.39, 0.29) is 0 Å². The van der Waals surface area contributed by atoms with Crippen molar-refractivity contribution in [2.75, 3.05) is 26.2 Å². The molecular formula is C41H78N4. The van der Waals surface area contributed by atoms with Crippen molar-refractivity contribution < 1.29 is 0 Å². The van der Waals surface area contributed by atoms with Crippen LogP contribution in [0.5, 0.6) is 0 Å². The molecule has 0 unspecified atom stereocenters. The smallest absolute Gasteiger partial charge is 0.0253 e. The Bertz CT molecular complexity index is 841. The molecule has 0 aromatic rings. The first-order valence-electron chi connectivity index (χ1n) is 20.5. The Balaban J connectivity index is 1.16. The lowest BCUT2D eigenvalue weighted by atomic mass is 9.46. The highest BCUT2D eigenvalue weighted by molar-refractivity contribution is 5.26. The van der Waals surface area contributed by atoms with Gasteiger partial charge in [-0.1, -0.05) is 103 Å². The largest absolute Gasteiger partial charge is 0.330 e. The monoisotopic (exact) mass is 627 g/mol. The zero-order valence-corrected chi connectivity index (χ0v) is 30.5. The molecule has 0 aromatic heterocycles. The maximum absolute atomic E-state index is 5.62. The molecule has 0 saturated heterocycles. The van der Waals surface area contributed by atoms with E-state index in [1.165, 1.54) is 167 Å². The maximum Gasteiger partial charge on any atom is 0.0253 e. The summed E-state index contributed by atoms with van der Waals surface area (Å²) in [6, 6.07) is 1.30. The molecule has 8 atom stereocenters. The zero-order chi connectivity index (χ0) is 32.0. The van der Waals surface area contributed by atoms with Gasteiger partial charge in [0.05, 0.1) is 0 Å². The number of rotatable bonds is 23. The molecule has 4 aliphatic rings. The third-order valence-corrected chi connectivity index (χ3v) is 13.9. The van der Waals surface area contributed by atoms with Crippen molar-refractivity contribution in [3.63, 3.8) is 0 Å². The van der Waals surface area contributed by atoms with Crippen LogP contribution in [0.15, 0.2) is 11.6 Å². The molecule has 0 heterocycles. The van der Waals surface area contributed by atoms with E-state index in [1.54, 1.807) is 0 Å². The maximum atomic E-state index is 5.62. The Morgan fingerprint density at radius 1 is 0.667 bits per heavy atom. The lowest BCUT2D eigenvalue weighted by Crippen LogP contribution is -2.53. The van der Waals surface area contributed by atoms with Gasteiger partial charge >= 0.3 is 0 Å². The number of hydrogen-bond acceptors (Lipinski definition) is 4. The van der Waals surface area contributed by atoms with Crippen LogP contribution in [-0.4, -0.2) is 38.3 Å². The van der Waals surface area contributed by atoms with E-state index in [0.29, 0.717) is 22.9 Å². The summed E-state index contributed by atoms with van der Waals surface area (Å²) in [5.74, 6) is 3.72. The molecule has 0 aliphatic heterocycles. The number of hydrogen-bond donors (Lipinski definition) is 4. The van der Waals surface area contributed by atoms with Crippen LogP contribution < -0.4 is 22.1 Å². The average Bonchev–Trinajstić information content (AvgIpc) is 3.40. The molecule has 0 aromatic carbocycles. The van der Waals surface area contributed by atoms with Crippen molar-refractivity contribution >= 4 is 0 Å². The first-order chi connectivity index (χ1) is 21.9. The van der Waals surface area contributed by atoms with E-state index in [0.717, 1.165) is 36.8 Å². The molecule has 4 nitrogen and oxygen atoms in total. The number of nitrogens with one attached hydrogen (secondary N) is 2. The molecule has 4 aliphatic carbocycles. The van der Waals surface area contributed by atoms with Crippen molar-refractivity contribution in [2.45, 2.75) is 187 Å². The van der Waals surface area contributed by atoms with Gasteiger partial charge in [0.25, 0.3) is 0 Å². The second-order valence-electron chi connectivity index (χ2n) is 16.8. The average molecular weight is 627 g/mol. The van der Waals surface area contributed by atoms with Crippen LogP contribution >= 0.6 is 0 Å². The van der Waals surface area contributed by atoms with E-state index < -0.39 is 0 Å². The summed E-state index contributed by atoms with van der Waals surface area (Å²) in [6.45, 7) is 12.1. The van der Waals surface area contributed by atoms with Gasteiger partial charge in [-0.25, -0.2) is 0 Å². The molecular weight excluding hydrogens is 548 g/mol. The van der Waals surface area contributed by atoms with Gasteiger partial charge in [0, 0.05) is 12.1 Å². The van der Waals surface area contributed by atoms with Crippen LogP contribution in [0.25, 0.3) is 0 Å². The topological polar surface area (TPSA) is 76.1 Å². The highest BCUT2D eigenvalue weighted by atomic mass is 14.9. The fourth-order valence-corrected chi connectivity index (χ4v) is 11.2. The van der Waals surface area contributed by atoms with Gasteiger partial charge < -0.3 is 22.1 Å². The van der Waals surface area contributed by atoms with Gasteiger partial charge in [-0.05, 0) is 145 Å². The van der Waals surface area contributed by atoms with Crippen LogP contribution in [0.1, 0.15) is 175 Å². The Morgan fingerprint density at radius 2 is 1.24 bits per heavy atom. The summed E-state index contributed by atoms with van der Waals surface area (Å²) >= 11 is 0. The molecule has 4 rings (SSSR count). The Labute approximate surface area is 280 Å². The summed E-state index contributed by atoms with van der Waals surface area (Å²) in [5.41, 5.74) is 14.1. The van der Waals surface area contributed by atoms with Gasteiger partial charge in [0.2, 0.25) is 0 Å². The normalized spacial score (nSPS) is 33.4. The number of nitrogens with two attached hydrogens (primary N) is 2. The Morgan fingerprint density at radius 3 is 1.87 bits per heavy atom. The minimum atomic E-state index is 0.471. The third kappa shape index (κ3) is 10.3. The molecule has 3 fully saturated rings. The van der Waals surface area contributed by atoms with Crippen LogP contribution in [-0.2, 0) is 0 Å². The lowest BCUT2D eigenvalue weighted by molar-refractivity contribution is -0.0560. The number of allylic oxidation sites excluding steroid dienone is 1. The predicted molar refractivity (Wildman–Crippen MR) is 196 cm³/mol. The molecule has 0 radical (unpaired) electrons. The van der Waals surface area contributed by atoms with Crippen molar-refractivity contribution in [3.8, 4) is 0 Å². The van der Waals surface area contributed by atoms with Crippen molar-refractivity contribution in [3.05, 3.63) is 11.6 Å². The summed E-state index contributed by atoms with van der Waals surface area (Å²) in [4.78, 5) is 0. The standard InChI is InChI=1S/C41H78N4/c1-33(44-30-18-14-10-6-4-8-12-16-28-42)37-22-23-38-36-21-20-34-32-35(45-31-19-15-11-7-5-9-13-17-29-43)24-26-40(34,2)39(36)25-27-41(37,38)3/h32-33,35-39,44-45H,4-31,42-43H2,1-3H3/t33-,35+,36+,37-,38+,39+,40+,41-/m1/s1. The second kappa shape index (κ2) is 19.5. The molecule has 6 N–H and O–H groups in total. The third-order valence-electron chi connectivity index (χ3n) is 13.9. The van der Waals surface area contributed by atoms with Crippen LogP contribution in [0.4, 0.5) is 0 Å². The fourth-order valence-electron chi connectivity index (χ4n) is 11.2. The van der Waals surface area contributed by atoms with E-state index in [4.69, 9.17) is 11.5 Å². The first kappa shape index (κ1) is 37.4. The van der Waals surface area contributed by atoms with Gasteiger partial charge in [0.15, 0.2) is 0 Å². The van der Waals surface area contributed by atoms with E-state index in [2.05, 4.69) is 37.5 Å². The Hall–Kier alpha value is -0.420. The fraction of sp³-hybridized carbons (Fsp3) is 0.951. The molecule has 45 heavy (non-hydrogen) atoms. The molecule has 0 bridgehead atoms. The summed E-state index contributed by atoms with van der Waals surface area (Å²) < 4.78 is 0. The van der Waals surface area contributed by atoms with Crippen molar-refractivity contribution in [2.24, 2.45) is 46.0 Å². The molecule has 0 spiro atoms. The van der Waals surface area contributed by atoms with Crippen LogP contribution in [0.2, 0.25) is 0 Å². The van der Waals surface area contributed by atoms with Crippen LogP contribution in [0, 0.1) is 34.5 Å². The highest BCUT2D eigenvalue weighted by Crippen LogP contribution is 2.67. The predicted octanol–water partition coefficient (Wildman–Crippen LogP) is 9.66.